The second-order valence-electron chi connectivity index (χ2n) is 3.28. The molecule has 0 saturated carbocycles. The number of carboxylic acids is 1. The molecule has 1 aromatic rings. The number of hydrogen-bond donors (Lipinski definition) is 2. The fourth-order valence-electron chi connectivity index (χ4n) is 1.01. The maximum absolute atomic E-state index is 11.6. The van der Waals surface area contributed by atoms with Gasteiger partial charge in [-0.1, -0.05) is 0 Å². The predicted octanol–water partition coefficient (Wildman–Crippen LogP) is 0.701. The van der Waals surface area contributed by atoms with E-state index in [1.54, 1.807) is 25.4 Å². The summed E-state index contributed by atoms with van der Waals surface area (Å²) in [6.45, 7) is 1.40. The molecule has 1 heterocycles. The van der Waals surface area contributed by atoms with Gasteiger partial charge in [0.25, 0.3) is 0 Å². The second kappa shape index (κ2) is 5.11. The summed E-state index contributed by atoms with van der Waals surface area (Å²) in [5.41, 5.74) is 0.595. The molecule has 0 fully saturated rings. The summed E-state index contributed by atoms with van der Waals surface area (Å²) in [4.78, 5) is 27.3. The highest BCUT2D eigenvalue weighted by molar-refractivity contribution is 5.93. The molecule has 1 aromatic heterocycles. The molecule has 2 N–H and O–H groups in total. The third kappa shape index (κ3) is 2.94. The average Bonchev–Trinajstić information content (AvgIpc) is 2.28. The Morgan fingerprint density at radius 3 is 2.75 bits per heavy atom. The van der Waals surface area contributed by atoms with Crippen LogP contribution < -0.4 is 10.2 Å². The molecule has 0 bridgehead atoms. The SMILES string of the molecule is C[C@@H](NC(=O)N(C)c1cccnc1)C(=O)O. The highest BCUT2D eigenvalue weighted by atomic mass is 16.4. The van der Waals surface area contributed by atoms with Crippen LogP contribution in [-0.2, 0) is 4.79 Å². The monoisotopic (exact) mass is 223 g/mol. The van der Waals surface area contributed by atoms with E-state index in [1.807, 2.05) is 0 Å². The zero-order valence-electron chi connectivity index (χ0n) is 9.04. The van der Waals surface area contributed by atoms with Gasteiger partial charge in [-0.3, -0.25) is 14.7 Å². The first-order chi connectivity index (χ1) is 7.52. The Balaban J connectivity index is 2.65. The van der Waals surface area contributed by atoms with E-state index >= 15 is 0 Å². The molecule has 0 aliphatic heterocycles. The molecule has 2 amide bonds. The highest BCUT2D eigenvalue weighted by Crippen LogP contribution is 2.08. The molecule has 1 atom stereocenters. The fourth-order valence-corrected chi connectivity index (χ4v) is 1.01. The van der Waals surface area contributed by atoms with Crippen molar-refractivity contribution in [3.05, 3.63) is 24.5 Å². The summed E-state index contributed by atoms with van der Waals surface area (Å²) in [5, 5.41) is 11.0. The van der Waals surface area contributed by atoms with Crippen LogP contribution in [0.5, 0.6) is 0 Å². The van der Waals surface area contributed by atoms with Crippen LogP contribution in [-0.4, -0.2) is 35.2 Å². The van der Waals surface area contributed by atoms with Gasteiger partial charge in [0.1, 0.15) is 6.04 Å². The van der Waals surface area contributed by atoms with Crippen LogP contribution >= 0.6 is 0 Å². The number of aromatic nitrogens is 1. The first kappa shape index (κ1) is 12.0. The Bertz CT molecular complexity index is 380. The number of aliphatic carboxylic acids is 1. The average molecular weight is 223 g/mol. The van der Waals surface area contributed by atoms with E-state index in [9.17, 15) is 9.59 Å². The number of rotatable bonds is 3. The van der Waals surface area contributed by atoms with Crippen LogP contribution in [0.3, 0.4) is 0 Å². The first-order valence-corrected chi connectivity index (χ1v) is 4.69. The van der Waals surface area contributed by atoms with E-state index in [0.717, 1.165) is 0 Å². The number of hydrogen-bond acceptors (Lipinski definition) is 3. The maximum Gasteiger partial charge on any atom is 0.325 e. The Labute approximate surface area is 92.9 Å². The second-order valence-corrected chi connectivity index (χ2v) is 3.28. The van der Waals surface area contributed by atoms with Crippen molar-refractivity contribution in [3.63, 3.8) is 0 Å². The number of carbonyl (C=O) groups excluding carboxylic acids is 1. The Morgan fingerprint density at radius 2 is 2.25 bits per heavy atom. The molecule has 0 radical (unpaired) electrons. The van der Waals surface area contributed by atoms with E-state index in [4.69, 9.17) is 5.11 Å². The van der Waals surface area contributed by atoms with E-state index in [0.29, 0.717) is 5.69 Å². The van der Waals surface area contributed by atoms with Gasteiger partial charge in [-0.05, 0) is 19.1 Å². The number of carbonyl (C=O) groups is 2. The summed E-state index contributed by atoms with van der Waals surface area (Å²) in [6, 6.07) is 1.99. The smallest absolute Gasteiger partial charge is 0.325 e. The quantitative estimate of drug-likeness (QED) is 0.790. The van der Waals surface area contributed by atoms with Gasteiger partial charge in [0.15, 0.2) is 0 Å². The van der Waals surface area contributed by atoms with Crippen molar-refractivity contribution in [1.82, 2.24) is 10.3 Å². The van der Waals surface area contributed by atoms with Gasteiger partial charge in [0, 0.05) is 13.2 Å². The lowest BCUT2D eigenvalue weighted by Gasteiger charge is -2.19. The zero-order valence-corrected chi connectivity index (χ0v) is 9.04. The van der Waals surface area contributed by atoms with Crippen molar-refractivity contribution in [3.8, 4) is 0 Å². The summed E-state index contributed by atoms with van der Waals surface area (Å²) < 4.78 is 0. The van der Waals surface area contributed by atoms with Crippen LogP contribution in [0.25, 0.3) is 0 Å². The summed E-state index contributed by atoms with van der Waals surface area (Å²) in [7, 11) is 1.54. The Morgan fingerprint density at radius 1 is 1.56 bits per heavy atom. The van der Waals surface area contributed by atoms with Crippen LogP contribution in [0, 0.1) is 0 Å². The van der Waals surface area contributed by atoms with Gasteiger partial charge in [-0.2, -0.15) is 0 Å². The van der Waals surface area contributed by atoms with Crippen molar-refractivity contribution in [1.29, 1.82) is 0 Å². The lowest BCUT2D eigenvalue weighted by molar-refractivity contribution is -0.138. The van der Waals surface area contributed by atoms with Gasteiger partial charge in [0.05, 0.1) is 11.9 Å². The number of pyridine rings is 1. The van der Waals surface area contributed by atoms with Crippen LogP contribution in [0.15, 0.2) is 24.5 Å². The van der Waals surface area contributed by atoms with Crippen molar-refractivity contribution in [2.24, 2.45) is 0 Å². The standard InChI is InChI=1S/C10H13N3O3/c1-7(9(14)15)12-10(16)13(2)8-4-3-5-11-6-8/h3-7H,1-2H3,(H,12,16)(H,14,15)/t7-/m1/s1. The van der Waals surface area contributed by atoms with Gasteiger partial charge in [0.2, 0.25) is 0 Å². The van der Waals surface area contributed by atoms with E-state index in [1.165, 1.54) is 18.0 Å². The van der Waals surface area contributed by atoms with Gasteiger partial charge in [-0.25, -0.2) is 4.79 Å². The first-order valence-electron chi connectivity index (χ1n) is 4.69. The van der Waals surface area contributed by atoms with Gasteiger partial charge in [-0.15, -0.1) is 0 Å². The van der Waals surface area contributed by atoms with Gasteiger partial charge < -0.3 is 10.4 Å². The predicted molar refractivity (Wildman–Crippen MR) is 58.3 cm³/mol. The maximum atomic E-state index is 11.6. The third-order valence-electron chi connectivity index (χ3n) is 2.05. The van der Waals surface area contributed by atoms with E-state index in [-0.39, 0.29) is 0 Å². The van der Waals surface area contributed by atoms with Crippen LogP contribution in [0.2, 0.25) is 0 Å². The molecular weight excluding hydrogens is 210 g/mol. The molecule has 0 unspecified atom stereocenters. The molecule has 16 heavy (non-hydrogen) atoms. The van der Waals surface area contributed by atoms with E-state index < -0.39 is 18.0 Å². The molecule has 86 valence electrons. The largest absolute Gasteiger partial charge is 0.480 e. The molecule has 0 aliphatic carbocycles. The molecule has 0 aromatic carbocycles. The fraction of sp³-hybridized carbons (Fsp3) is 0.300. The third-order valence-corrected chi connectivity index (χ3v) is 2.05. The molecule has 0 saturated heterocycles. The number of urea groups is 1. The number of carboxylic acid groups (broad SMARTS) is 1. The topological polar surface area (TPSA) is 82.5 Å². The Hall–Kier alpha value is -2.11. The number of anilines is 1. The lowest BCUT2D eigenvalue weighted by Crippen LogP contribution is -2.45. The minimum Gasteiger partial charge on any atom is -0.480 e. The minimum atomic E-state index is -1.08. The minimum absolute atomic E-state index is 0.483. The zero-order chi connectivity index (χ0) is 12.1. The molecule has 0 spiro atoms. The van der Waals surface area contributed by atoms with Crippen molar-refractivity contribution in [2.75, 3.05) is 11.9 Å². The summed E-state index contributed by atoms with van der Waals surface area (Å²) in [6.07, 6.45) is 3.11. The molecular formula is C10H13N3O3. The number of nitrogens with one attached hydrogen (secondary N) is 1. The van der Waals surface area contributed by atoms with E-state index in [2.05, 4.69) is 10.3 Å². The van der Waals surface area contributed by atoms with Crippen molar-refractivity contribution >= 4 is 17.7 Å². The summed E-state index contributed by atoms with van der Waals surface area (Å²) >= 11 is 0. The lowest BCUT2D eigenvalue weighted by atomic mass is 10.3. The summed E-state index contributed by atoms with van der Waals surface area (Å²) in [5.74, 6) is -1.08. The highest BCUT2D eigenvalue weighted by Gasteiger charge is 2.17. The van der Waals surface area contributed by atoms with Crippen LogP contribution in [0.1, 0.15) is 6.92 Å². The Kier molecular flexibility index (Phi) is 3.82. The number of amides is 2. The van der Waals surface area contributed by atoms with Crippen molar-refractivity contribution < 1.29 is 14.7 Å². The molecule has 6 nitrogen and oxygen atoms in total. The normalized spacial score (nSPS) is 11.6. The molecule has 0 aliphatic rings. The van der Waals surface area contributed by atoms with Gasteiger partial charge >= 0.3 is 12.0 Å². The van der Waals surface area contributed by atoms with Crippen LogP contribution in [0.4, 0.5) is 10.5 Å². The number of nitrogens with zero attached hydrogens (tertiary/aromatic N) is 2. The molecule has 1 rings (SSSR count). The molecule has 6 heteroatoms. The van der Waals surface area contributed by atoms with Crippen molar-refractivity contribution in [2.45, 2.75) is 13.0 Å².